The van der Waals surface area contributed by atoms with Crippen LogP contribution in [0, 0.1) is 0 Å². The van der Waals surface area contributed by atoms with Gasteiger partial charge in [0.2, 0.25) is 0 Å². The van der Waals surface area contributed by atoms with Crippen LogP contribution in [0.15, 0.2) is 194 Å². The van der Waals surface area contributed by atoms with E-state index in [0.717, 1.165) is 148 Å². The quantitative estimate of drug-likeness (QED) is 0.0146. The molecule has 726 valence electrons. The van der Waals surface area contributed by atoms with Crippen LogP contribution in [0.25, 0.3) is 0 Å². The zero-order valence-corrected chi connectivity index (χ0v) is 82.2. The molecule has 0 rings (SSSR count). The molecule has 0 aliphatic carbocycles. The average molecular weight is 1810 g/mol. The molecular weight excluding hydrogens is 1630 g/mol. The molecule has 16 nitrogen and oxygen atoms in total. The Labute approximate surface area is 776 Å². The highest BCUT2D eigenvalue weighted by Crippen LogP contribution is 2.45. The molecular formula is C109H184O16P2. The van der Waals surface area contributed by atoms with Crippen LogP contribution in [0.5, 0.6) is 0 Å². The number of unbranched alkanes of at least 4 members (excludes halogenated alkanes) is 40. The summed E-state index contributed by atoms with van der Waals surface area (Å²) in [7, 11) is -9.83. The first-order valence-corrected chi connectivity index (χ1v) is 53.7. The number of carbonyl (C=O) groups is 3. The van der Waals surface area contributed by atoms with Crippen LogP contribution < -0.4 is 0 Å². The molecule has 0 aromatic carbocycles. The lowest BCUT2D eigenvalue weighted by molar-refractivity contribution is -0.161. The Bertz CT molecular complexity index is 3090. The van der Waals surface area contributed by atoms with Crippen LogP contribution in [0.2, 0.25) is 0 Å². The van der Waals surface area contributed by atoms with Crippen molar-refractivity contribution < 1.29 is 75.8 Å². The lowest BCUT2D eigenvalue weighted by Gasteiger charge is -2.21. The van der Waals surface area contributed by atoms with Gasteiger partial charge in [-0.2, -0.15) is 0 Å². The summed E-state index contributed by atoms with van der Waals surface area (Å²) < 4.78 is 61.6. The lowest BCUT2D eigenvalue weighted by Crippen LogP contribution is -2.30. The Morgan fingerprint density at radius 3 is 0.638 bits per heavy atom. The van der Waals surface area contributed by atoms with E-state index in [9.17, 15) is 43.5 Å². The van der Waals surface area contributed by atoms with E-state index in [-0.39, 0.29) is 19.3 Å². The monoisotopic (exact) mass is 1810 g/mol. The van der Waals surface area contributed by atoms with Gasteiger partial charge in [0, 0.05) is 19.3 Å². The number of rotatable bonds is 95. The first kappa shape index (κ1) is 121. The third kappa shape index (κ3) is 101. The largest absolute Gasteiger partial charge is 0.472 e. The number of aliphatic hydroxyl groups excluding tert-OH is 2. The highest BCUT2D eigenvalue weighted by Gasteiger charge is 2.30. The Morgan fingerprint density at radius 1 is 0.220 bits per heavy atom. The zero-order valence-electron chi connectivity index (χ0n) is 80.4. The maximum atomic E-state index is 13.1. The van der Waals surface area contributed by atoms with E-state index in [4.69, 9.17) is 32.3 Å². The topological polar surface area (TPSA) is 231 Å². The van der Waals surface area contributed by atoms with E-state index in [1.165, 1.54) is 205 Å². The Kier molecular flexibility index (Phi) is 95.0. The Hall–Kier alpha value is -5.61. The van der Waals surface area contributed by atoms with Gasteiger partial charge in [0.15, 0.2) is 6.10 Å². The van der Waals surface area contributed by atoms with Crippen LogP contribution in [0.4, 0.5) is 0 Å². The number of phosphoric acid groups is 2. The summed E-state index contributed by atoms with van der Waals surface area (Å²) in [6, 6.07) is 0. The maximum Gasteiger partial charge on any atom is 0.472 e. The number of allylic oxidation sites excluding steroid dienone is 32. The van der Waals surface area contributed by atoms with Gasteiger partial charge in [-0.05, 0) is 161 Å². The fraction of sp³-hybridized carbons (Fsp3) is 0.679. The molecule has 5 atom stereocenters. The summed E-state index contributed by atoms with van der Waals surface area (Å²) in [6.45, 7) is 2.35. The first-order chi connectivity index (χ1) is 62.2. The first-order valence-electron chi connectivity index (χ1n) is 50.7. The third-order valence-electron chi connectivity index (χ3n) is 21.3. The Morgan fingerprint density at radius 2 is 0.394 bits per heavy atom. The van der Waals surface area contributed by atoms with E-state index in [0.29, 0.717) is 25.7 Å². The van der Waals surface area contributed by atoms with Crippen LogP contribution in [-0.2, 0) is 55.8 Å². The van der Waals surface area contributed by atoms with Gasteiger partial charge in [-0.25, -0.2) is 9.13 Å². The van der Waals surface area contributed by atoms with E-state index < -0.39 is 91.5 Å². The number of phosphoric ester groups is 2. The molecule has 0 amide bonds. The van der Waals surface area contributed by atoms with Gasteiger partial charge >= 0.3 is 33.6 Å². The summed E-state index contributed by atoms with van der Waals surface area (Å²) in [4.78, 5) is 59.1. The summed E-state index contributed by atoms with van der Waals surface area (Å²) in [6.07, 6.45) is 134. The molecule has 0 aromatic rings. The summed E-state index contributed by atoms with van der Waals surface area (Å²) >= 11 is 0. The highest BCUT2D eigenvalue weighted by atomic mass is 31.2. The van der Waals surface area contributed by atoms with Crippen molar-refractivity contribution in [1.82, 2.24) is 0 Å². The van der Waals surface area contributed by atoms with Crippen LogP contribution in [0.1, 0.15) is 419 Å². The maximum absolute atomic E-state index is 13.1. The molecule has 0 saturated heterocycles. The van der Waals surface area contributed by atoms with Gasteiger partial charge in [-0.1, -0.05) is 434 Å². The second-order valence-corrected chi connectivity index (χ2v) is 36.4. The molecule has 4 N–H and O–H groups in total. The van der Waals surface area contributed by atoms with E-state index in [1.807, 2.05) is 0 Å². The van der Waals surface area contributed by atoms with Gasteiger partial charge in [0.05, 0.1) is 26.4 Å². The molecule has 0 bridgehead atoms. The van der Waals surface area contributed by atoms with E-state index in [2.05, 4.69) is 215 Å². The van der Waals surface area contributed by atoms with Gasteiger partial charge in [0.25, 0.3) is 0 Å². The number of aliphatic hydroxyl groups is 2. The van der Waals surface area contributed by atoms with Crippen LogP contribution in [-0.4, -0.2) is 95.9 Å². The minimum absolute atomic E-state index is 0.0461. The number of ether oxygens (including phenoxy) is 3. The zero-order chi connectivity index (χ0) is 92.1. The molecule has 0 fully saturated rings. The van der Waals surface area contributed by atoms with Crippen molar-refractivity contribution >= 4 is 33.6 Å². The van der Waals surface area contributed by atoms with Gasteiger partial charge < -0.3 is 34.2 Å². The molecule has 0 spiro atoms. The average Bonchev–Trinajstić information content (AvgIpc) is 0.901. The molecule has 5 unspecified atom stereocenters. The standard InChI is InChI=1S/C109H184O16P2/c1-4-7-10-13-16-19-22-25-28-31-34-37-39-41-43-45-47-49-51-53-55-57-59-61-63-66-68-71-74-77-80-83-86-89-92-95-107(112)119-98-104(110)99-121-126(115,116)122-100-105(111)101-123-127(117,118)124-103-106(125-109(114)97-94-91-88-85-82-79-76-73-70-65-36-33-30-27-24-21-18-15-12-9-6-3)102-120-108(113)96-93-90-87-84-81-78-75-72-69-67-64-62-60-58-56-54-52-50-48-46-44-42-40-38-35-32-29-26-23-20-17-14-11-8-5-2/h7-12,16-21,25-30,34-38,41-44,65,73,76,82,85,104-106,110-111H,4-6,13-15,22-24,31-33,39-40,45-64,66-72,74-75,77-81,83-84,86-103H2,1-3H3,(H,115,116)(H,117,118)/b10-7-,11-8-,12-9-,19-16-,20-17-,21-18-,28-25-,29-26-,30-27-,37-34-,38-35-,43-41-,44-42-,65-36-,76-73-,85-82-. The van der Waals surface area contributed by atoms with Crippen LogP contribution >= 0.6 is 15.6 Å². The van der Waals surface area contributed by atoms with Crippen molar-refractivity contribution in [3.8, 4) is 0 Å². The normalized spacial score (nSPS) is 14.5. The molecule has 127 heavy (non-hydrogen) atoms. The van der Waals surface area contributed by atoms with Crippen LogP contribution in [0.3, 0.4) is 0 Å². The van der Waals surface area contributed by atoms with Crippen molar-refractivity contribution in [3.05, 3.63) is 194 Å². The fourth-order valence-corrected chi connectivity index (χ4v) is 15.3. The third-order valence-corrected chi connectivity index (χ3v) is 23.2. The molecule has 18 heteroatoms. The second-order valence-electron chi connectivity index (χ2n) is 33.5. The van der Waals surface area contributed by atoms with Crippen molar-refractivity contribution in [2.75, 3.05) is 39.6 Å². The van der Waals surface area contributed by atoms with Gasteiger partial charge in [0.1, 0.15) is 25.4 Å². The number of hydrogen-bond acceptors (Lipinski definition) is 14. The van der Waals surface area contributed by atoms with E-state index in [1.54, 1.807) is 0 Å². The number of esters is 3. The summed E-state index contributed by atoms with van der Waals surface area (Å²) in [5, 5.41) is 20.8. The summed E-state index contributed by atoms with van der Waals surface area (Å²) in [5.41, 5.74) is 0. The summed E-state index contributed by atoms with van der Waals surface area (Å²) in [5.74, 6) is -1.61. The molecule has 0 aromatic heterocycles. The fourth-order valence-electron chi connectivity index (χ4n) is 13.8. The molecule has 0 heterocycles. The molecule has 0 aliphatic rings. The van der Waals surface area contributed by atoms with Crippen molar-refractivity contribution in [1.29, 1.82) is 0 Å². The predicted octanol–water partition coefficient (Wildman–Crippen LogP) is 32.1. The second kappa shape index (κ2) is 99.4. The van der Waals surface area contributed by atoms with E-state index >= 15 is 0 Å². The SMILES string of the molecule is CC/C=C\C/C=C\C/C=C\C/C=C\C/C=C\C/C=C\CCCCC(=O)OC(COC(=O)CCCCCCCCCCCCCCCCCCCCC/C=C\C/C=C\C/C=C\C/C=C\C/C=C\CC)COP(=O)(O)OCC(O)COP(=O)(O)OCC(O)COC(=O)CCCCCCCCCCCCCCCCCCCCC/C=C\C/C=C\C/C=C\C/C=C\C/C=C\CC. The number of hydrogen-bond donors (Lipinski definition) is 4. The molecule has 0 saturated carbocycles. The predicted molar refractivity (Wildman–Crippen MR) is 537 cm³/mol. The number of carbonyl (C=O) groups excluding carboxylic acids is 3. The lowest BCUT2D eigenvalue weighted by atomic mass is 10.0. The minimum atomic E-state index is -4.96. The smallest absolute Gasteiger partial charge is 0.463 e. The van der Waals surface area contributed by atoms with Crippen molar-refractivity contribution in [2.24, 2.45) is 0 Å². The minimum Gasteiger partial charge on any atom is -0.463 e. The Balaban J connectivity index is 4.53. The van der Waals surface area contributed by atoms with Crippen molar-refractivity contribution in [3.63, 3.8) is 0 Å². The highest BCUT2D eigenvalue weighted by molar-refractivity contribution is 7.47. The molecule has 0 aliphatic heterocycles. The van der Waals surface area contributed by atoms with Gasteiger partial charge in [-0.15, -0.1) is 0 Å². The van der Waals surface area contributed by atoms with Crippen molar-refractivity contribution in [2.45, 2.75) is 437 Å². The van der Waals surface area contributed by atoms with Gasteiger partial charge in [-0.3, -0.25) is 32.5 Å². The molecule has 0 radical (unpaired) electrons.